The zero-order valence-corrected chi connectivity index (χ0v) is 15.4. The van der Waals surface area contributed by atoms with Gasteiger partial charge < -0.3 is 9.72 Å². The van der Waals surface area contributed by atoms with Crippen molar-refractivity contribution in [1.29, 1.82) is 0 Å². The lowest BCUT2D eigenvalue weighted by atomic mass is 9.99. The third kappa shape index (κ3) is 3.52. The number of esters is 1. The summed E-state index contributed by atoms with van der Waals surface area (Å²) in [6, 6.07) is 19.4. The van der Waals surface area contributed by atoms with E-state index in [1.807, 2.05) is 30.3 Å². The number of ether oxygens (including phenoxy) is 1. The summed E-state index contributed by atoms with van der Waals surface area (Å²) in [5.74, 6) is -0.954. The molecule has 138 valence electrons. The highest BCUT2D eigenvalue weighted by atomic mass is 35.5. The molecule has 6 heteroatoms. The average Bonchev–Trinajstić information content (AvgIpc) is 3.17. The van der Waals surface area contributed by atoms with Crippen LogP contribution in [0.4, 0.5) is 0 Å². The Kier molecular flexibility index (Phi) is 4.91. The average molecular weight is 391 g/mol. The van der Waals surface area contributed by atoms with Gasteiger partial charge in [0, 0.05) is 34.4 Å². The number of pyridine rings is 1. The van der Waals surface area contributed by atoms with E-state index in [1.54, 1.807) is 30.5 Å². The number of nitrogens with zero attached hydrogens (tertiary/aromatic N) is 1. The Morgan fingerprint density at radius 3 is 2.46 bits per heavy atom. The molecule has 2 aromatic heterocycles. The molecule has 0 spiro atoms. The van der Waals surface area contributed by atoms with E-state index >= 15 is 0 Å². The van der Waals surface area contributed by atoms with Gasteiger partial charge in [0.1, 0.15) is 5.15 Å². The first-order chi connectivity index (χ1) is 13.6. The molecule has 1 atom stereocenters. The van der Waals surface area contributed by atoms with Crippen molar-refractivity contribution < 1.29 is 14.3 Å². The summed E-state index contributed by atoms with van der Waals surface area (Å²) in [7, 11) is 0. The van der Waals surface area contributed by atoms with Crippen molar-refractivity contribution in [2.75, 3.05) is 0 Å². The second-order valence-electron chi connectivity index (χ2n) is 6.18. The van der Waals surface area contributed by atoms with Crippen molar-refractivity contribution in [2.24, 2.45) is 0 Å². The number of carbonyl (C=O) groups excluding carboxylic acids is 2. The van der Waals surface area contributed by atoms with E-state index in [0.29, 0.717) is 11.1 Å². The van der Waals surface area contributed by atoms with Gasteiger partial charge in [0.25, 0.3) is 0 Å². The number of H-pyrrole nitrogens is 1. The minimum Gasteiger partial charge on any atom is -0.445 e. The standard InChI is InChI=1S/C22H15ClN2O3/c23-19-11-10-15(12-25-19)22(27)28-21(14-6-2-1-3-7-14)20(26)17-13-24-18-9-5-4-8-16(17)18/h1-13,21,24H/t21-/m1/s1. The Morgan fingerprint density at radius 1 is 0.964 bits per heavy atom. The van der Waals surface area contributed by atoms with Crippen LogP contribution in [0.1, 0.15) is 32.4 Å². The molecule has 0 radical (unpaired) electrons. The molecule has 0 amide bonds. The summed E-state index contributed by atoms with van der Waals surface area (Å²) in [4.78, 5) is 32.9. The van der Waals surface area contributed by atoms with Crippen LogP contribution < -0.4 is 0 Å². The van der Waals surface area contributed by atoms with E-state index in [0.717, 1.165) is 10.9 Å². The van der Waals surface area contributed by atoms with Gasteiger partial charge in [-0.1, -0.05) is 60.1 Å². The number of halogens is 1. The van der Waals surface area contributed by atoms with Crippen molar-refractivity contribution in [1.82, 2.24) is 9.97 Å². The number of hydrogen-bond donors (Lipinski definition) is 1. The summed E-state index contributed by atoms with van der Waals surface area (Å²) in [5, 5.41) is 1.05. The second-order valence-corrected chi connectivity index (χ2v) is 6.57. The molecule has 0 unspecified atom stereocenters. The number of carbonyl (C=O) groups is 2. The number of hydrogen-bond acceptors (Lipinski definition) is 4. The zero-order chi connectivity index (χ0) is 19.5. The van der Waals surface area contributed by atoms with Crippen molar-refractivity contribution in [3.63, 3.8) is 0 Å². The van der Waals surface area contributed by atoms with Gasteiger partial charge >= 0.3 is 5.97 Å². The first kappa shape index (κ1) is 17.9. The molecule has 0 aliphatic rings. The number of aromatic nitrogens is 2. The third-order valence-electron chi connectivity index (χ3n) is 4.38. The lowest BCUT2D eigenvalue weighted by Gasteiger charge is -2.17. The number of nitrogens with one attached hydrogen (secondary N) is 1. The Bertz CT molecular complexity index is 1140. The molecule has 0 aliphatic carbocycles. The van der Waals surface area contributed by atoms with Crippen LogP contribution in [0.5, 0.6) is 0 Å². The maximum absolute atomic E-state index is 13.3. The highest BCUT2D eigenvalue weighted by molar-refractivity contribution is 6.29. The molecule has 4 aromatic rings. The van der Waals surface area contributed by atoms with E-state index in [9.17, 15) is 9.59 Å². The van der Waals surface area contributed by atoms with Gasteiger partial charge in [0.15, 0.2) is 6.10 Å². The van der Waals surface area contributed by atoms with E-state index in [-0.39, 0.29) is 16.5 Å². The molecule has 0 aliphatic heterocycles. The van der Waals surface area contributed by atoms with Gasteiger partial charge in [-0.2, -0.15) is 0 Å². The van der Waals surface area contributed by atoms with Crippen molar-refractivity contribution in [3.8, 4) is 0 Å². The minimum absolute atomic E-state index is 0.219. The van der Waals surface area contributed by atoms with Crippen LogP contribution in [0.3, 0.4) is 0 Å². The normalized spacial score (nSPS) is 11.9. The number of aromatic amines is 1. The quantitative estimate of drug-likeness (QED) is 0.296. The van der Waals surface area contributed by atoms with E-state index < -0.39 is 12.1 Å². The van der Waals surface area contributed by atoms with E-state index in [1.165, 1.54) is 18.3 Å². The smallest absolute Gasteiger partial charge is 0.340 e. The Labute approximate surface area is 165 Å². The highest BCUT2D eigenvalue weighted by Crippen LogP contribution is 2.28. The van der Waals surface area contributed by atoms with Gasteiger partial charge in [-0.25, -0.2) is 9.78 Å². The van der Waals surface area contributed by atoms with Gasteiger partial charge in [-0.3, -0.25) is 4.79 Å². The number of Topliss-reactive ketones (excluding diaryl/α,β-unsaturated/α-hetero) is 1. The monoisotopic (exact) mass is 390 g/mol. The summed E-state index contributed by atoms with van der Waals surface area (Å²) >= 11 is 5.77. The number of benzene rings is 2. The largest absolute Gasteiger partial charge is 0.445 e. The van der Waals surface area contributed by atoms with Crippen molar-refractivity contribution >= 4 is 34.3 Å². The summed E-state index contributed by atoms with van der Waals surface area (Å²) < 4.78 is 5.61. The first-order valence-corrected chi connectivity index (χ1v) is 8.99. The van der Waals surface area contributed by atoms with Crippen LogP contribution in [0.25, 0.3) is 10.9 Å². The van der Waals surface area contributed by atoms with Gasteiger partial charge in [0.2, 0.25) is 5.78 Å². The Morgan fingerprint density at radius 2 is 1.71 bits per heavy atom. The molecule has 2 aromatic carbocycles. The maximum Gasteiger partial charge on any atom is 0.340 e. The van der Waals surface area contributed by atoms with Gasteiger partial charge in [0.05, 0.1) is 5.56 Å². The molecule has 0 bridgehead atoms. The number of ketones is 1. The fraction of sp³-hybridized carbons (Fsp3) is 0.0455. The number of rotatable bonds is 5. The van der Waals surface area contributed by atoms with Crippen LogP contribution in [0.15, 0.2) is 79.1 Å². The SMILES string of the molecule is O=C(O[C@@H](C(=O)c1c[nH]c2ccccc12)c1ccccc1)c1ccc(Cl)nc1. The van der Waals surface area contributed by atoms with Crippen LogP contribution in [0.2, 0.25) is 5.15 Å². The topological polar surface area (TPSA) is 72.1 Å². The van der Waals surface area contributed by atoms with E-state index in [2.05, 4.69) is 9.97 Å². The number of para-hydroxylation sites is 1. The second kappa shape index (κ2) is 7.66. The lowest BCUT2D eigenvalue weighted by Crippen LogP contribution is -2.20. The molecular formula is C22H15ClN2O3. The molecular weight excluding hydrogens is 376 g/mol. The number of fused-ring (bicyclic) bond motifs is 1. The van der Waals surface area contributed by atoms with Gasteiger partial charge in [-0.15, -0.1) is 0 Å². The predicted molar refractivity (Wildman–Crippen MR) is 106 cm³/mol. The van der Waals surface area contributed by atoms with Crippen LogP contribution >= 0.6 is 11.6 Å². The van der Waals surface area contributed by atoms with Crippen LogP contribution in [-0.2, 0) is 4.74 Å². The fourth-order valence-electron chi connectivity index (χ4n) is 2.99. The van der Waals surface area contributed by atoms with Crippen molar-refractivity contribution in [2.45, 2.75) is 6.10 Å². The molecule has 4 rings (SSSR count). The Hall–Kier alpha value is -3.44. The van der Waals surface area contributed by atoms with Crippen molar-refractivity contribution in [3.05, 3.63) is 101 Å². The third-order valence-corrected chi connectivity index (χ3v) is 4.61. The molecule has 5 nitrogen and oxygen atoms in total. The first-order valence-electron chi connectivity index (χ1n) is 8.61. The fourth-order valence-corrected chi connectivity index (χ4v) is 3.10. The van der Waals surface area contributed by atoms with E-state index in [4.69, 9.17) is 16.3 Å². The van der Waals surface area contributed by atoms with Gasteiger partial charge in [-0.05, 0) is 18.2 Å². The lowest BCUT2D eigenvalue weighted by molar-refractivity contribution is 0.0280. The molecule has 0 fully saturated rings. The van der Waals surface area contributed by atoms with Crippen LogP contribution in [0, 0.1) is 0 Å². The molecule has 1 N–H and O–H groups in total. The summed E-state index contributed by atoms with van der Waals surface area (Å²) in [6.45, 7) is 0. The summed E-state index contributed by atoms with van der Waals surface area (Å²) in [5.41, 5.74) is 2.11. The highest BCUT2D eigenvalue weighted by Gasteiger charge is 2.28. The molecule has 0 saturated carbocycles. The maximum atomic E-state index is 13.3. The Balaban J connectivity index is 1.70. The van der Waals surface area contributed by atoms with Crippen LogP contribution in [-0.4, -0.2) is 21.7 Å². The molecule has 2 heterocycles. The minimum atomic E-state index is -1.08. The zero-order valence-electron chi connectivity index (χ0n) is 14.6. The molecule has 28 heavy (non-hydrogen) atoms. The predicted octanol–water partition coefficient (Wildman–Crippen LogP) is 5.00. The molecule has 0 saturated heterocycles. The summed E-state index contributed by atoms with van der Waals surface area (Å²) in [6.07, 6.45) is 1.88.